The molecule has 0 saturated carbocycles. The zero-order valence-corrected chi connectivity index (χ0v) is 8.03. The van der Waals surface area contributed by atoms with Gasteiger partial charge in [-0.2, -0.15) is 0 Å². The molecule has 3 N–H and O–H groups in total. The first kappa shape index (κ1) is 10.2. The molecule has 2 nitrogen and oxygen atoms in total. The molecule has 0 aliphatic heterocycles. The van der Waals surface area contributed by atoms with Crippen molar-refractivity contribution >= 4 is 0 Å². The molecule has 1 atom stereocenters. The van der Waals surface area contributed by atoms with Gasteiger partial charge in [-0.15, -0.1) is 0 Å². The second-order valence-electron chi connectivity index (χ2n) is 3.84. The molecule has 0 amide bonds. The fourth-order valence-electron chi connectivity index (χ4n) is 1.28. The van der Waals surface area contributed by atoms with Gasteiger partial charge in [0.05, 0.1) is 0 Å². The van der Waals surface area contributed by atoms with E-state index in [2.05, 4.69) is 12.1 Å². The Morgan fingerprint density at radius 1 is 1.31 bits per heavy atom. The summed E-state index contributed by atoms with van der Waals surface area (Å²) in [5.74, 6) is 0. The van der Waals surface area contributed by atoms with Crippen LogP contribution in [0.4, 0.5) is 0 Å². The van der Waals surface area contributed by atoms with E-state index in [1.54, 1.807) is 0 Å². The summed E-state index contributed by atoms with van der Waals surface area (Å²) >= 11 is 0. The molecule has 0 aromatic heterocycles. The molecule has 0 heterocycles. The van der Waals surface area contributed by atoms with Crippen LogP contribution in [0.2, 0.25) is 0 Å². The first-order chi connectivity index (χ1) is 6.20. The molecule has 0 aliphatic rings. The van der Waals surface area contributed by atoms with Crippen molar-refractivity contribution in [2.24, 2.45) is 11.1 Å². The Morgan fingerprint density at radius 3 is 2.38 bits per heavy atom. The lowest BCUT2D eigenvalue weighted by molar-refractivity contribution is 0.149. The van der Waals surface area contributed by atoms with Crippen LogP contribution in [0.5, 0.6) is 0 Å². The Balaban J connectivity index is 2.68. The fraction of sp³-hybridized carbons (Fsp3) is 0.455. The average Bonchev–Trinajstić information content (AvgIpc) is 2.19. The lowest BCUT2D eigenvalue weighted by Gasteiger charge is -2.25. The van der Waals surface area contributed by atoms with Gasteiger partial charge in [-0.05, 0) is 12.0 Å². The molecule has 0 radical (unpaired) electrons. The first-order valence-electron chi connectivity index (χ1n) is 4.55. The molecule has 0 bridgehead atoms. The number of hydrogen-bond donors (Lipinski definition) is 2. The molecule has 1 unspecified atom stereocenters. The fourth-order valence-corrected chi connectivity index (χ4v) is 1.28. The zero-order chi connectivity index (χ0) is 9.73. The van der Waals surface area contributed by atoms with Gasteiger partial charge in [0.2, 0.25) is 0 Å². The molecule has 1 aromatic rings. The molecule has 72 valence electrons. The minimum atomic E-state index is -0.179. The Morgan fingerprint density at radius 2 is 1.92 bits per heavy atom. The maximum Gasteiger partial charge on any atom is 0.0500 e. The van der Waals surface area contributed by atoms with Gasteiger partial charge in [0, 0.05) is 18.6 Å². The molecule has 0 saturated heterocycles. The quantitative estimate of drug-likeness (QED) is 0.729. The van der Waals surface area contributed by atoms with Crippen molar-refractivity contribution in [2.45, 2.75) is 13.3 Å². The van der Waals surface area contributed by atoms with Crippen LogP contribution in [0.25, 0.3) is 0 Å². The lowest BCUT2D eigenvalue weighted by Crippen LogP contribution is -2.33. The molecular formula is C11H17NO. The summed E-state index contributed by atoms with van der Waals surface area (Å²) in [4.78, 5) is 0. The van der Waals surface area contributed by atoms with Crippen LogP contribution in [0.1, 0.15) is 12.5 Å². The third kappa shape index (κ3) is 2.83. The second kappa shape index (κ2) is 4.40. The number of aliphatic hydroxyl groups is 1. The molecule has 1 rings (SSSR count). The normalized spacial score (nSPS) is 15.3. The lowest BCUT2D eigenvalue weighted by atomic mass is 9.85. The van der Waals surface area contributed by atoms with Crippen LogP contribution in [-0.4, -0.2) is 18.3 Å². The first-order valence-corrected chi connectivity index (χ1v) is 4.55. The third-order valence-electron chi connectivity index (χ3n) is 2.35. The van der Waals surface area contributed by atoms with Gasteiger partial charge < -0.3 is 10.8 Å². The van der Waals surface area contributed by atoms with E-state index in [4.69, 9.17) is 10.8 Å². The molecule has 0 spiro atoms. The van der Waals surface area contributed by atoms with Crippen molar-refractivity contribution in [3.63, 3.8) is 0 Å². The Hall–Kier alpha value is -0.860. The molecule has 13 heavy (non-hydrogen) atoms. The minimum Gasteiger partial charge on any atom is -0.396 e. The van der Waals surface area contributed by atoms with Crippen molar-refractivity contribution in [1.82, 2.24) is 0 Å². The Bertz CT molecular complexity index is 242. The SMILES string of the molecule is CC(CN)(CO)Cc1ccccc1. The van der Waals surface area contributed by atoms with E-state index in [1.165, 1.54) is 5.56 Å². The molecule has 0 aliphatic carbocycles. The van der Waals surface area contributed by atoms with E-state index in [9.17, 15) is 0 Å². The highest BCUT2D eigenvalue weighted by molar-refractivity contribution is 5.16. The maximum absolute atomic E-state index is 9.17. The molecule has 2 heteroatoms. The standard InChI is InChI=1S/C11H17NO/c1-11(8-12,9-13)7-10-5-3-2-4-6-10/h2-6,13H,7-9,12H2,1H3. The van der Waals surface area contributed by atoms with Crippen molar-refractivity contribution < 1.29 is 5.11 Å². The number of benzene rings is 1. The highest BCUT2D eigenvalue weighted by atomic mass is 16.3. The van der Waals surface area contributed by atoms with Gasteiger partial charge in [0.15, 0.2) is 0 Å². The van der Waals surface area contributed by atoms with Crippen LogP contribution in [0, 0.1) is 5.41 Å². The minimum absolute atomic E-state index is 0.137. The smallest absolute Gasteiger partial charge is 0.0500 e. The summed E-state index contributed by atoms with van der Waals surface area (Å²) in [6, 6.07) is 10.1. The summed E-state index contributed by atoms with van der Waals surface area (Å²) in [6.45, 7) is 2.65. The molecule has 1 aromatic carbocycles. The Kier molecular flexibility index (Phi) is 3.46. The van der Waals surface area contributed by atoms with Gasteiger partial charge in [-0.3, -0.25) is 0 Å². The van der Waals surface area contributed by atoms with Gasteiger partial charge in [-0.1, -0.05) is 37.3 Å². The van der Waals surface area contributed by atoms with E-state index in [1.807, 2.05) is 25.1 Å². The van der Waals surface area contributed by atoms with E-state index < -0.39 is 0 Å². The van der Waals surface area contributed by atoms with Crippen molar-refractivity contribution in [3.05, 3.63) is 35.9 Å². The summed E-state index contributed by atoms with van der Waals surface area (Å²) in [5, 5.41) is 9.17. The number of rotatable bonds is 4. The van der Waals surface area contributed by atoms with Crippen LogP contribution in [0.15, 0.2) is 30.3 Å². The topological polar surface area (TPSA) is 46.2 Å². The summed E-state index contributed by atoms with van der Waals surface area (Å²) < 4.78 is 0. The van der Waals surface area contributed by atoms with Crippen molar-refractivity contribution in [1.29, 1.82) is 0 Å². The highest BCUT2D eigenvalue weighted by Crippen LogP contribution is 2.19. The monoisotopic (exact) mass is 179 g/mol. The largest absolute Gasteiger partial charge is 0.396 e. The zero-order valence-electron chi connectivity index (χ0n) is 8.03. The average molecular weight is 179 g/mol. The number of hydrogen-bond acceptors (Lipinski definition) is 2. The molecule has 0 fully saturated rings. The van der Waals surface area contributed by atoms with Crippen LogP contribution >= 0.6 is 0 Å². The van der Waals surface area contributed by atoms with E-state index in [0.717, 1.165) is 6.42 Å². The van der Waals surface area contributed by atoms with Crippen LogP contribution in [0.3, 0.4) is 0 Å². The third-order valence-corrected chi connectivity index (χ3v) is 2.35. The van der Waals surface area contributed by atoms with Crippen LogP contribution < -0.4 is 5.73 Å². The predicted molar refractivity (Wildman–Crippen MR) is 54.4 cm³/mol. The van der Waals surface area contributed by atoms with Gasteiger partial charge in [-0.25, -0.2) is 0 Å². The highest BCUT2D eigenvalue weighted by Gasteiger charge is 2.21. The summed E-state index contributed by atoms with van der Waals surface area (Å²) in [7, 11) is 0. The number of nitrogens with two attached hydrogens (primary N) is 1. The summed E-state index contributed by atoms with van der Waals surface area (Å²) in [6.07, 6.45) is 0.834. The van der Waals surface area contributed by atoms with Gasteiger partial charge >= 0.3 is 0 Å². The summed E-state index contributed by atoms with van der Waals surface area (Å²) in [5.41, 5.74) is 6.65. The van der Waals surface area contributed by atoms with Crippen LogP contribution in [-0.2, 0) is 6.42 Å². The Labute approximate surface area is 79.4 Å². The molecular weight excluding hydrogens is 162 g/mol. The number of aliphatic hydroxyl groups excluding tert-OH is 1. The maximum atomic E-state index is 9.17. The second-order valence-corrected chi connectivity index (χ2v) is 3.84. The van der Waals surface area contributed by atoms with E-state index >= 15 is 0 Å². The van der Waals surface area contributed by atoms with Gasteiger partial charge in [0.25, 0.3) is 0 Å². The van der Waals surface area contributed by atoms with Crippen molar-refractivity contribution in [3.8, 4) is 0 Å². The van der Waals surface area contributed by atoms with Crippen molar-refractivity contribution in [2.75, 3.05) is 13.2 Å². The van der Waals surface area contributed by atoms with E-state index in [-0.39, 0.29) is 12.0 Å². The predicted octanol–water partition coefficient (Wildman–Crippen LogP) is 1.19. The van der Waals surface area contributed by atoms with Gasteiger partial charge in [0.1, 0.15) is 0 Å². The van der Waals surface area contributed by atoms with E-state index in [0.29, 0.717) is 6.54 Å².